The maximum Gasteiger partial charge on any atom is 0.233 e. The maximum atomic E-state index is 12.7. The highest BCUT2D eigenvalue weighted by atomic mass is 32.2. The van der Waals surface area contributed by atoms with Gasteiger partial charge in [-0.25, -0.2) is 4.98 Å². The molecule has 25 heavy (non-hydrogen) atoms. The van der Waals surface area contributed by atoms with E-state index < -0.39 is 0 Å². The number of rotatable bonds is 5. The zero-order valence-electron chi connectivity index (χ0n) is 15.0. The Morgan fingerprint density at radius 3 is 2.80 bits per heavy atom. The van der Waals surface area contributed by atoms with Crippen molar-refractivity contribution in [3.05, 3.63) is 36.7 Å². The summed E-state index contributed by atoms with van der Waals surface area (Å²) < 4.78 is 7.28. The van der Waals surface area contributed by atoms with Crippen LogP contribution < -0.4 is 4.74 Å². The Morgan fingerprint density at radius 2 is 2.08 bits per heavy atom. The van der Waals surface area contributed by atoms with Gasteiger partial charge in [0.25, 0.3) is 0 Å². The molecule has 134 valence electrons. The summed E-state index contributed by atoms with van der Waals surface area (Å²) in [6.07, 6.45) is 7.07. The van der Waals surface area contributed by atoms with Gasteiger partial charge in [0.1, 0.15) is 5.75 Å². The molecule has 1 aliphatic rings. The Morgan fingerprint density at radius 1 is 1.32 bits per heavy atom. The quantitative estimate of drug-likeness (QED) is 0.763. The van der Waals surface area contributed by atoms with Gasteiger partial charge in [-0.05, 0) is 45.2 Å². The summed E-state index contributed by atoms with van der Waals surface area (Å²) in [7, 11) is 1.66. The molecule has 0 bridgehead atoms. The highest BCUT2D eigenvalue weighted by Gasteiger charge is 2.28. The molecule has 1 amide bonds. The SMILES string of the molecule is COc1cccc(-n2ccnc2SCC(=O)N2C(C)CCCC2C)c1. The molecule has 0 radical (unpaired) electrons. The van der Waals surface area contributed by atoms with E-state index in [0.717, 1.165) is 29.4 Å². The first-order chi connectivity index (χ1) is 12.1. The fraction of sp³-hybridized carbons (Fsp3) is 0.474. The van der Waals surface area contributed by atoms with Crippen molar-refractivity contribution in [1.82, 2.24) is 14.5 Å². The molecular formula is C19H25N3O2S. The highest BCUT2D eigenvalue weighted by Crippen LogP contribution is 2.26. The van der Waals surface area contributed by atoms with Gasteiger partial charge in [0.2, 0.25) is 5.91 Å². The molecule has 0 spiro atoms. The molecule has 0 saturated carbocycles. The number of piperidine rings is 1. The predicted molar refractivity (Wildman–Crippen MR) is 100 cm³/mol. The molecule has 2 unspecified atom stereocenters. The van der Waals surface area contributed by atoms with Crippen molar-refractivity contribution in [2.24, 2.45) is 0 Å². The molecule has 1 saturated heterocycles. The number of hydrogen-bond donors (Lipinski definition) is 0. The standard InChI is InChI=1S/C19H25N3O2S/c1-14-6-4-7-15(2)22(14)18(23)13-25-19-20-10-11-21(19)16-8-5-9-17(12-16)24-3/h5,8-12,14-15H,4,6-7,13H2,1-3H3. The van der Waals surface area contributed by atoms with Crippen molar-refractivity contribution in [2.75, 3.05) is 12.9 Å². The molecule has 2 heterocycles. The number of likely N-dealkylation sites (tertiary alicyclic amines) is 1. The first-order valence-electron chi connectivity index (χ1n) is 8.72. The van der Waals surface area contributed by atoms with Crippen LogP contribution in [0.15, 0.2) is 41.8 Å². The molecule has 2 aromatic rings. The number of imidazole rings is 1. The Balaban J connectivity index is 1.70. The molecule has 6 heteroatoms. The lowest BCUT2D eigenvalue weighted by molar-refractivity contribution is -0.134. The van der Waals surface area contributed by atoms with E-state index in [-0.39, 0.29) is 5.91 Å². The monoisotopic (exact) mass is 359 g/mol. The fourth-order valence-corrected chi connectivity index (χ4v) is 4.31. The Kier molecular flexibility index (Phi) is 5.68. The normalized spacial score (nSPS) is 20.5. The zero-order valence-corrected chi connectivity index (χ0v) is 15.8. The second-order valence-electron chi connectivity index (χ2n) is 6.50. The number of methoxy groups -OCH3 is 1. The highest BCUT2D eigenvalue weighted by molar-refractivity contribution is 7.99. The Hall–Kier alpha value is -1.95. The molecule has 3 rings (SSSR count). The van der Waals surface area contributed by atoms with Gasteiger partial charge in [-0.1, -0.05) is 17.8 Å². The molecule has 0 aliphatic carbocycles. The zero-order chi connectivity index (χ0) is 17.8. The minimum absolute atomic E-state index is 0.199. The minimum Gasteiger partial charge on any atom is -0.497 e. The maximum absolute atomic E-state index is 12.7. The number of thioether (sulfide) groups is 1. The third-order valence-corrected chi connectivity index (χ3v) is 5.70. The van der Waals surface area contributed by atoms with Crippen molar-refractivity contribution >= 4 is 17.7 Å². The smallest absolute Gasteiger partial charge is 0.233 e. The van der Waals surface area contributed by atoms with E-state index in [0.29, 0.717) is 17.8 Å². The van der Waals surface area contributed by atoms with Crippen LogP contribution in [0, 0.1) is 0 Å². The average Bonchev–Trinajstić information content (AvgIpc) is 3.08. The molecule has 2 atom stereocenters. The second-order valence-corrected chi connectivity index (χ2v) is 7.44. The number of benzene rings is 1. The minimum atomic E-state index is 0.199. The van der Waals surface area contributed by atoms with E-state index in [1.807, 2.05) is 35.0 Å². The third kappa shape index (κ3) is 4.00. The van der Waals surface area contributed by atoms with Gasteiger partial charge < -0.3 is 9.64 Å². The number of amides is 1. The van der Waals surface area contributed by atoms with Crippen LogP contribution in [0.5, 0.6) is 5.75 Å². The van der Waals surface area contributed by atoms with E-state index in [4.69, 9.17) is 4.74 Å². The van der Waals surface area contributed by atoms with Gasteiger partial charge in [0, 0.05) is 30.5 Å². The van der Waals surface area contributed by atoms with Crippen LogP contribution in [0.2, 0.25) is 0 Å². The number of carbonyl (C=O) groups is 1. The lowest BCUT2D eigenvalue weighted by Gasteiger charge is -2.39. The molecule has 1 aromatic carbocycles. The summed E-state index contributed by atoms with van der Waals surface area (Å²) >= 11 is 1.49. The summed E-state index contributed by atoms with van der Waals surface area (Å²) in [6, 6.07) is 8.48. The van der Waals surface area contributed by atoms with Crippen LogP contribution in [-0.2, 0) is 4.79 Å². The molecule has 1 aromatic heterocycles. The van der Waals surface area contributed by atoms with Crippen molar-refractivity contribution < 1.29 is 9.53 Å². The van der Waals surface area contributed by atoms with Crippen molar-refractivity contribution in [1.29, 1.82) is 0 Å². The van der Waals surface area contributed by atoms with Crippen LogP contribution in [-0.4, -0.2) is 45.3 Å². The summed E-state index contributed by atoms with van der Waals surface area (Å²) in [5.74, 6) is 1.41. The first kappa shape index (κ1) is 17.9. The van der Waals surface area contributed by atoms with Crippen LogP contribution in [0.1, 0.15) is 33.1 Å². The summed E-state index contributed by atoms with van der Waals surface area (Å²) in [4.78, 5) is 19.2. The summed E-state index contributed by atoms with van der Waals surface area (Å²) in [5.41, 5.74) is 0.978. The van der Waals surface area contributed by atoms with Gasteiger partial charge in [-0.2, -0.15) is 0 Å². The number of aromatic nitrogens is 2. The van der Waals surface area contributed by atoms with Gasteiger partial charge in [0.15, 0.2) is 5.16 Å². The lowest BCUT2D eigenvalue weighted by Crippen LogP contribution is -2.48. The molecule has 5 nitrogen and oxygen atoms in total. The fourth-order valence-electron chi connectivity index (χ4n) is 3.47. The largest absolute Gasteiger partial charge is 0.497 e. The topological polar surface area (TPSA) is 47.4 Å². The van der Waals surface area contributed by atoms with Gasteiger partial charge in [0.05, 0.1) is 18.6 Å². The second kappa shape index (κ2) is 7.95. The van der Waals surface area contributed by atoms with Crippen molar-refractivity contribution in [3.63, 3.8) is 0 Å². The Labute approximate surface area is 153 Å². The third-order valence-electron chi connectivity index (χ3n) is 4.74. The average molecular weight is 359 g/mol. The van der Waals surface area contributed by atoms with Crippen molar-refractivity contribution in [3.8, 4) is 11.4 Å². The number of ether oxygens (including phenoxy) is 1. The van der Waals surface area contributed by atoms with Crippen LogP contribution in [0.3, 0.4) is 0 Å². The van der Waals surface area contributed by atoms with Crippen LogP contribution in [0.25, 0.3) is 5.69 Å². The van der Waals surface area contributed by atoms with Crippen LogP contribution in [0.4, 0.5) is 0 Å². The van der Waals surface area contributed by atoms with E-state index in [1.165, 1.54) is 18.2 Å². The van der Waals surface area contributed by atoms with E-state index in [9.17, 15) is 4.79 Å². The summed E-state index contributed by atoms with van der Waals surface area (Å²) in [6.45, 7) is 4.30. The molecular weight excluding hydrogens is 334 g/mol. The number of hydrogen-bond acceptors (Lipinski definition) is 4. The predicted octanol–water partition coefficient (Wildman–Crippen LogP) is 3.76. The molecule has 0 N–H and O–H groups in total. The van der Waals surface area contributed by atoms with Gasteiger partial charge >= 0.3 is 0 Å². The van der Waals surface area contributed by atoms with Crippen LogP contribution >= 0.6 is 11.8 Å². The molecule has 1 aliphatic heterocycles. The first-order valence-corrected chi connectivity index (χ1v) is 9.70. The van der Waals surface area contributed by atoms with Gasteiger partial charge in [-0.3, -0.25) is 9.36 Å². The van der Waals surface area contributed by atoms with E-state index >= 15 is 0 Å². The van der Waals surface area contributed by atoms with E-state index in [2.05, 4.69) is 23.7 Å². The van der Waals surface area contributed by atoms with Crippen molar-refractivity contribution in [2.45, 2.75) is 50.4 Å². The Bertz CT molecular complexity index is 721. The van der Waals surface area contributed by atoms with Gasteiger partial charge in [-0.15, -0.1) is 0 Å². The number of carbonyl (C=O) groups excluding carboxylic acids is 1. The summed E-state index contributed by atoms with van der Waals surface area (Å²) in [5, 5.41) is 0.818. The molecule has 1 fully saturated rings. The van der Waals surface area contributed by atoms with E-state index in [1.54, 1.807) is 13.3 Å². The lowest BCUT2D eigenvalue weighted by atomic mass is 9.98. The number of nitrogens with zero attached hydrogens (tertiary/aromatic N) is 3.